The molecule has 10 heteroatoms. The van der Waals surface area contributed by atoms with Crippen LogP contribution in [0.2, 0.25) is 0 Å². The maximum atomic E-state index is 12.9. The largest absolute Gasteiger partial charge is 0.756 e. The van der Waals surface area contributed by atoms with Crippen molar-refractivity contribution in [3.05, 3.63) is 134 Å². The SMILES string of the molecule is CC/C=C\C/C=C\C/C=C\C/C=C\C/C=C\C/C=C\C/C=C\C/C=C\C/C=C\CCCCCCCCCCCC(=O)OC(COC(=O)CCCCCCCCCCCCC/C=C\C/C=C\CCCCCCC)COP(=O)([O-])OCC[N+](C)(C)C. The van der Waals surface area contributed by atoms with Crippen molar-refractivity contribution in [3.8, 4) is 0 Å². The number of ether oxygens (including phenoxy) is 2. The van der Waals surface area contributed by atoms with E-state index in [0.717, 1.165) is 109 Å². The molecule has 0 fully saturated rings. The number of carbonyl (C=O) groups excluding carboxylic acids is 2. The van der Waals surface area contributed by atoms with Crippen LogP contribution in [-0.4, -0.2) is 70.0 Å². The van der Waals surface area contributed by atoms with Crippen molar-refractivity contribution in [3.63, 3.8) is 0 Å². The van der Waals surface area contributed by atoms with Gasteiger partial charge in [0.1, 0.15) is 19.8 Å². The Labute approximate surface area is 517 Å². The minimum absolute atomic E-state index is 0.0383. The summed E-state index contributed by atoms with van der Waals surface area (Å²) in [4.78, 5) is 38.0. The van der Waals surface area contributed by atoms with Gasteiger partial charge >= 0.3 is 11.9 Å². The van der Waals surface area contributed by atoms with Crippen LogP contribution in [-0.2, 0) is 32.7 Å². The Morgan fingerprint density at radius 3 is 1.01 bits per heavy atom. The van der Waals surface area contributed by atoms with E-state index >= 15 is 0 Å². The molecule has 480 valence electrons. The number of allylic oxidation sites excluding steroid dienone is 22. The molecule has 9 nitrogen and oxygen atoms in total. The summed E-state index contributed by atoms with van der Waals surface area (Å²) < 4.78 is 34.3. The number of phosphoric ester groups is 1. The van der Waals surface area contributed by atoms with Crippen LogP contribution in [0, 0.1) is 0 Å². The molecule has 0 aliphatic rings. The van der Waals surface area contributed by atoms with E-state index in [1.807, 2.05) is 21.1 Å². The second-order valence-corrected chi connectivity index (χ2v) is 24.9. The van der Waals surface area contributed by atoms with Crippen LogP contribution in [0.3, 0.4) is 0 Å². The number of hydrogen-bond acceptors (Lipinski definition) is 8. The van der Waals surface area contributed by atoms with E-state index in [4.69, 9.17) is 18.5 Å². The third kappa shape index (κ3) is 67.3. The summed E-state index contributed by atoms with van der Waals surface area (Å²) in [6, 6.07) is 0. The Kier molecular flexibility index (Phi) is 60.7. The molecule has 2 atom stereocenters. The average Bonchev–Trinajstić information content (AvgIpc) is 3.61. The van der Waals surface area contributed by atoms with E-state index in [2.05, 4.69) is 148 Å². The molecule has 2 unspecified atom stereocenters. The van der Waals surface area contributed by atoms with E-state index < -0.39 is 26.5 Å². The molecule has 0 aliphatic heterocycles. The topological polar surface area (TPSA) is 111 Å². The van der Waals surface area contributed by atoms with Crippen LogP contribution >= 0.6 is 7.82 Å². The standard InChI is InChI=1S/C74H126NO8P/c1-6-8-10-12-14-16-18-20-22-24-26-28-30-31-32-33-34-35-36-37-38-39-40-41-42-43-45-47-49-51-53-55-57-59-61-63-65-67-74(77)83-72(71-82-84(78,79)81-69-68-75(3,4)5)70-80-73(76)66-64-62-60-58-56-54-52-50-48-46-44-29-27-25-23-21-19-17-15-13-11-9-7-2/h8,10,14,16,19-22,25-28,31-32,34-35,37-38,40-41,43,45,72H,6-7,9,11-13,15,17-18,23-24,29-30,33,36,39,42,44,46-71H2,1-5H3/b10-8-,16-14-,21-19-,22-20-,27-25-,28-26-,32-31-,35-34-,38-37-,41-40-,45-43-. The number of rotatable bonds is 61. The van der Waals surface area contributed by atoms with E-state index in [0.29, 0.717) is 17.4 Å². The summed E-state index contributed by atoms with van der Waals surface area (Å²) in [7, 11) is 1.15. The van der Waals surface area contributed by atoms with Crippen LogP contribution in [0.25, 0.3) is 0 Å². The molecular weight excluding hydrogens is 1060 g/mol. The number of carbonyl (C=O) groups is 2. The van der Waals surface area contributed by atoms with Gasteiger partial charge in [-0.25, -0.2) is 0 Å². The van der Waals surface area contributed by atoms with E-state index in [1.165, 1.54) is 128 Å². The maximum absolute atomic E-state index is 12.9. The quantitative estimate of drug-likeness (QED) is 0.0195. The van der Waals surface area contributed by atoms with Crippen LogP contribution in [0.4, 0.5) is 0 Å². The summed E-state index contributed by atoms with van der Waals surface area (Å²) in [5, 5.41) is 0. The number of hydrogen-bond donors (Lipinski definition) is 0. The van der Waals surface area contributed by atoms with Crippen LogP contribution < -0.4 is 4.89 Å². The third-order valence-corrected chi connectivity index (χ3v) is 15.1. The van der Waals surface area contributed by atoms with E-state index in [9.17, 15) is 19.0 Å². The summed E-state index contributed by atoms with van der Waals surface area (Å²) in [5.41, 5.74) is 0. The number of quaternary nitrogens is 1. The molecule has 0 aromatic heterocycles. The Morgan fingerprint density at radius 1 is 0.381 bits per heavy atom. The Morgan fingerprint density at radius 2 is 0.679 bits per heavy atom. The van der Waals surface area contributed by atoms with Gasteiger partial charge in [0.2, 0.25) is 0 Å². The van der Waals surface area contributed by atoms with Crippen molar-refractivity contribution < 1.29 is 42.1 Å². The maximum Gasteiger partial charge on any atom is 0.306 e. The number of unbranched alkanes of at least 4 members (excludes halogenated alkanes) is 25. The van der Waals surface area contributed by atoms with Crippen molar-refractivity contribution in [2.24, 2.45) is 0 Å². The zero-order valence-electron chi connectivity index (χ0n) is 54.6. The zero-order valence-corrected chi connectivity index (χ0v) is 55.4. The number of phosphoric acid groups is 1. The van der Waals surface area contributed by atoms with Crippen LogP contribution in [0.1, 0.15) is 271 Å². The lowest BCUT2D eigenvalue weighted by atomic mass is 10.0. The van der Waals surface area contributed by atoms with Crippen molar-refractivity contribution >= 4 is 19.8 Å². The van der Waals surface area contributed by atoms with Gasteiger partial charge in [-0.1, -0.05) is 276 Å². The monoisotopic (exact) mass is 1190 g/mol. The first-order chi connectivity index (χ1) is 41.0. The minimum Gasteiger partial charge on any atom is -0.756 e. The first kappa shape index (κ1) is 80.2. The van der Waals surface area contributed by atoms with E-state index in [1.54, 1.807) is 0 Å². The Bertz CT molecular complexity index is 1880. The highest BCUT2D eigenvalue weighted by atomic mass is 31.2. The van der Waals surface area contributed by atoms with Gasteiger partial charge in [-0.2, -0.15) is 0 Å². The fraction of sp³-hybridized carbons (Fsp3) is 0.676. The average molecular weight is 1190 g/mol. The van der Waals surface area contributed by atoms with Gasteiger partial charge in [0.25, 0.3) is 7.82 Å². The summed E-state index contributed by atoms with van der Waals surface area (Å²) >= 11 is 0. The summed E-state index contributed by atoms with van der Waals surface area (Å²) in [6.07, 6.45) is 92.3. The predicted molar refractivity (Wildman–Crippen MR) is 360 cm³/mol. The lowest BCUT2D eigenvalue weighted by Gasteiger charge is -2.28. The van der Waals surface area contributed by atoms with E-state index in [-0.39, 0.29) is 32.0 Å². The molecule has 0 spiro atoms. The van der Waals surface area contributed by atoms with Gasteiger partial charge in [-0.15, -0.1) is 0 Å². The van der Waals surface area contributed by atoms with Crippen molar-refractivity contribution in [1.29, 1.82) is 0 Å². The Balaban J connectivity index is 4.13. The van der Waals surface area contributed by atoms with Gasteiger partial charge in [0, 0.05) is 12.8 Å². The highest BCUT2D eigenvalue weighted by molar-refractivity contribution is 7.45. The molecule has 0 heterocycles. The zero-order chi connectivity index (χ0) is 61.2. The molecule has 0 aliphatic carbocycles. The highest BCUT2D eigenvalue weighted by Gasteiger charge is 2.22. The molecule has 0 bridgehead atoms. The number of nitrogens with zero attached hydrogens (tertiary/aromatic N) is 1. The molecular formula is C74H126NO8P. The van der Waals surface area contributed by atoms with Gasteiger partial charge in [0.05, 0.1) is 27.7 Å². The van der Waals surface area contributed by atoms with Crippen molar-refractivity contribution in [1.82, 2.24) is 0 Å². The second-order valence-electron chi connectivity index (χ2n) is 23.5. The molecule has 84 heavy (non-hydrogen) atoms. The fourth-order valence-electron chi connectivity index (χ4n) is 8.97. The molecule has 0 aromatic rings. The Hall–Kier alpha value is -3.85. The predicted octanol–water partition coefficient (Wildman–Crippen LogP) is 21.4. The lowest BCUT2D eigenvalue weighted by molar-refractivity contribution is -0.870. The molecule has 0 saturated carbocycles. The van der Waals surface area contributed by atoms with Crippen molar-refractivity contribution in [2.45, 2.75) is 277 Å². The molecule has 0 N–H and O–H groups in total. The molecule has 0 saturated heterocycles. The van der Waals surface area contributed by atoms with Gasteiger partial charge < -0.3 is 27.9 Å². The molecule has 0 radical (unpaired) electrons. The second kappa shape index (κ2) is 63.6. The van der Waals surface area contributed by atoms with Gasteiger partial charge in [0.15, 0.2) is 6.10 Å². The third-order valence-electron chi connectivity index (χ3n) is 14.2. The lowest BCUT2D eigenvalue weighted by Crippen LogP contribution is -2.37. The van der Waals surface area contributed by atoms with Gasteiger partial charge in [-0.3, -0.25) is 14.2 Å². The smallest absolute Gasteiger partial charge is 0.306 e. The first-order valence-corrected chi connectivity index (χ1v) is 35.4. The van der Waals surface area contributed by atoms with Gasteiger partial charge in [-0.05, 0) is 116 Å². The highest BCUT2D eigenvalue weighted by Crippen LogP contribution is 2.38. The molecule has 0 amide bonds. The first-order valence-electron chi connectivity index (χ1n) is 33.9. The fourth-order valence-corrected chi connectivity index (χ4v) is 9.70. The van der Waals surface area contributed by atoms with Crippen LogP contribution in [0.15, 0.2) is 134 Å². The van der Waals surface area contributed by atoms with Crippen LogP contribution in [0.5, 0.6) is 0 Å². The molecule has 0 aromatic carbocycles. The number of likely N-dealkylation sites (N-methyl/N-ethyl adjacent to an activating group) is 1. The summed E-state index contributed by atoms with van der Waals surface area (Å²) in [5.74, 6) is -0.845. The van der Waals surface area contributed by atoms with Crippen molar-refractivity contribution in [2.75, 3.05) is 47.5 Å². The minimum atomic E-state index is -4.65. The normalized spacial score (nSPS) is 14.0. The number of esters is 2. The summed E-state index contributed by atoms with van der Waals surface area (Å²) in [6.45, 7) is 4.11. The molecule has 0 rings (SSSR count).